The van der Waals surface area contributed by atoms with Gasteiger partial charge in [-0.3, -0.25) is 4.79 Å². The van der Waals surface area contributed by atoms with Crippen LogP contribution in [0.25, 0.3) is 0 Å². The summed E-state index contributed by atoms with van der Waals surface area (Å²) in [5, 5.41) is 0. The third-order valence-electron chi connectivity index (χ3n) is 2.72. The molecule has 1 aliphatic rings. The molecule has 6 heteroatoms. The summed E-state index contributed by atoms with van der Waals surface area (Å²) in [6.07, 6.45) is 2.49. The SMILES string of the molecule is Cl.NCC1CCN(C(=O)c2occc2Br)C1. The van der Waals surface area contributed by atoms with E-state index in [-0.39, 0.29) is 18.3 Å². The molecule has 0 aliphatic carbocycles. The minimum absolute atomic E-state index is 0. The molecule has 1 saturated heterocycles. The van der Waals surface area contributed by atoms with E-state index in [1.807, 2.05) is 0 Å². The van der Waals surface area contributed by atoms with Crippen LogP contribution in [0.3, 0.4) is 0 Å². The second-order valence-electron chi connectivity index (χ2n) is 3.74. The number of carbonyl (C=O) groups is 1. The van der Waals surface area contributed by atoms with E-state index < -0.39 is 0 Å². The maximum atomic E-state index is 12.0. The Morgan fingerprint density at radius 1 is 1.69 bits per heavy atom. The Bertz CT molecular complexity index is 369. The van der Waals surface area contributed by atoms with Gasteiger partial charge in [0, 0.05) is 13.1 Å². The fourth-order valence-electron chi connectivity index (χ4n) is 1.80. The van der Waals surface area contributed by atoms with Crippen LogP contribution in [-0.4, -0.2) is 30.4 Å². The molecule has 1 aliphatic heterocycles. The highest BCUT2D eigenvalue weighted by molar-refractivity contribution is 9.10. The summed E-state index contributed by atoms with van der Waals surface area (Å²) in [6.45, 7) is 2.15. The second-order valence-corrected chi connectivity index (χ2v) is 4.59. The maximum Gasteiger partial charge on any atom is 0.290 e. The fourth-order valence-corrected chi connectivity index (χ4v) is 2.17. The van der Waals surface area contributed by atoms with E-state index in [4.69, 9.17) is 10.2 Å². The van der Waals surface area contributed by atoms with E-state index in [9.17, 15) is 4.79 Å². The highest BCUT2D eigenvalue weighted by Gasteiger charge is 2.28. The average Bonchev–Trinajstić information content (AvgIpc) is 2.84. The van der Waals surface area contributed by atoms with Crippen LogP contribution in [0.2, 0.25) is 0 Å². The molecule has 0 radical (unpaired) electrons. The number of likely N-dealkylation sites (tertiary alicyclic amines) is 1. The Morgan fingerprint density at radius 2 is 2.44 bits per heavy atom. The van der Waals surface area contributed by atoms with Crippen molar-refractivity contribution in [3.05, 3.63) is 22.6 Å². The third kappa shape index (κ3) is 2.59. The lowest BCUT2D eigenvalue weighted by Gasteiger charge is -2.14. The van der Waals surface area contributed by atoms with E-state index in [2.05, 4.69) is 15.9 Å². The standard InChI is InChI=1S/C10H13BrN2O2.ClH/c11-8-2-4-15-9(8)10(14)13-3-1-7(5-12)6-13;/h2,4,7H,1,3,5-6,12H2;1H. The number of furan rings is 1. The third-order valence-corrected chi connectivity index (χ3v) is 3.34. The van der Waals surface area contributed by atoms with E-state index in [0.29, 0.717) is 22.7 Å². The number of halogens is 2. The van der Waals surface area contributed by atoms with Crippen LogP contribution in [0, 0.1) is 5.92 Å². The molecule has 0 saturated carbocycles. The Balaban J connectivity index is 0.00000128. The second kappa shape index (κ2) is 5.70. The molecule has 1 amide bonds. The molecule has 0 bridgehead atoms. The van der Waals surface area contributed by atoms with E-state index in [1.165, 1.54) is 6.26 Å². The van der Waals surface area contributed by atoms with Gasteiger partial charge in [0.05, 0.1) is 10.7 Å². The van der Waals surface area contributed by atoms with Crippen LogP contribution in [0.4, 0.5) is 0 Å². The minimum atomic E-state index is -0.0529. The van der Waals surface area contributed by atoms with Crippen LogP contribution in [0.5, 0.6) is 0 Å². The molecule has 4 nitrogen and oxygen atoms in total. The van der Waals surface area contributed by atoms with Gasteiger partial charge in [0.1, 0.15) is 0 Å². The van der Waals surface area contributed by atoms with Crippen molar-refractivity contribution in [2.45, 2.75) is 6.42 Å². The molecule has 2 rings (SSSR count). The van der Waals surface area contributed by atoms with Gasteiger partial charge in [0.25, 0.3) is 5.91 Å². The van der Waals surface area contributed by atoms with Crippen molar-refractivity contribution in [2.75, 3.05) is 19.6 Å². The van der Waals surface area contributed by atoms with Crippen molar-refractivity contribution < 1.29 is 9.21 Å². The smallest absolute Gasteiger partial charge is 0.290 e. The average molecular weight is 310 g/mol. The first-order chi connectivity index (χ1) is 7.22. The summed E-state index contributed by atoms with van der Waals surface area (Å²) in [5.74, 6) is 0.762. The largest absolute Gasteiger partial charge is 0.458 e. The number of nitrogens with two attached hydrogens (primary N) is 1. The zero-order valence-corrected chi connectivity index (χ0v) is 11.1. The normalized spacial score (nSPS) is 19.6. The highest BCUT2D eigenvalue weighted by Crippen LogP contribution is 2.23. The van der Waals surface area contributed by atoms with Gasteiger partial charge >= 0.3 is 0 Å². The summed E-state index contributed by atoms with van der Waals surface area (Å²) in [4.78, 5) is 13.7. The van der Waals surface area contributed by atoms with Gasteiger partial charge in [-0.1, -0.05) is 0 Å². The van der Waals surface area contributed by atoms with Gasteiger partial charge in [-0.05, 0) is 40.9 Å². The molecule has 16 heavy (non-hydrogen) atoms. The molecule has 0 aromatic carbocycles. The Morgan fingerprint density at radius 3 is 2.94 bits per heavy atom. The monoisotopic (exact) mass is 308 g/mol. The van der Waals surface area contributed by atoms with Crippen molar-refractivity contribution in [2.24, 2.45) is 11.7 Å². The lowest BCUT2D eigenvalue weighted by Crippen LogP contribution is -2.29. The molecule has 90 valence electrons. The molecular formula is C10H14BrClN2O2. The number of hydrogen-bond acceptors (Lipinski definition) is 3. The zero-order chi connectivity index (χ0) is 10.8. The summed E-state index contributed by atoms with van der Waals surface area (Å²) in [5.41, 5.74) is 5.57. The van der Waals surface area contributed by atoms with Crippen LogP contribution in [0.15, 0.2) is 21.2 Å². The van der Waals surface area contributed by atoms with Crippen LogP contribution in [-0.2, 0) is 0 Å². The Hall–Kier alpha value is -0.520. The number of carbonyl (C=O) groups excluding carboxylic acids is 1. The number of hydrogen-bond donors (Lipinski definition) is 1. The molecule has 0 spiro atoms. The van der Waals surface area contributed by atoms with Crippen molar-refractivity contribution in [1.29, 1.82) is 0 Å². The van der Waals surface area contributed by atoms with Crippen molar-refractivity contribution >= 4 is 34.2 Å². The van der Waals surface area contributed by atoms with E-state index >= 15 is 0 Å². The Kier molecular flexibility index (Phi) is 4.83. The number of nitrogens with zero attached hydrogens (tertiary/aromatic N) is 1. The van der Waals surface area contributed by atoms with Gasteiger partial charge in [-0.15, -0.1) is 12.4 Å². The predicted octanol–water partition coefficient (Wildman–Crippen LogP) is 1.88. The summed E-state index contributed by atoms with van der Waals surface area (Å²) < 4.78 is 5.85. The van der Waals surface area contributed by atoms with Gasteiger partial charge in [-0.2, -0.15) is 0 Å². The lowest BCUT2D eigenvalue weighted by atomic mass is 10.1. The highest BCUT2D eigenvalue weighted by atomic mass is 79.9. The predicted molar refractivity (Wildman–Crippen MR) is 66.7 cm³/mol. The number of rotatable bonds is 2. The van der Waals surface area contributed by atoms with Gasteiger partial charge < -0.3 is 15.1 Å². The molecular weight excluding hydrogens is 295 g/mol. The molecule has 1 unspecified atom stereocenters. The quantitative estimate of drug-likeness (QED) is 0.907. The van der Waals surface area contributed by atoms with Gasteiger partial charge in [0.2, 0.25) is 5.76 Å². The molecule has 1 atom stereocenters. The topological polar surface area (TPSA) is 59.5 Å². The van der Waals surface area contributed by atoms with Crippen molar-refractivity contribution in [3.63, 3.8) is 0 Å². The number of amides is 1. The minimum Gasteiger partial charge on any atom is -0.458 e. The van der Waals surface area contributed by atoms with E-state index in [1.54, 1.807) is 11.0 Å². The molecule has 1 aromatic rings. The molecule has 2 N–H and O–H groups in total. The van der Waals surface area contributed by atoms with E-state index in [0.717, 1.165) is 19.5 Å². The fraction of sp³-hybridized carbons (Fsp3) is 0.500. The van der Waals surface area contributed by atoms with Crippen LogP contribution in [0.1, 0.15) is 17.0 Å². The summed E-state index contributed by atoms with van der Waals surface area (Å²) >= 11 is 3.28. The molecule has 1 fully saturated rings. The van der Waals surface area contributed by atoms with Crippen molar-refractivity contribution in [1.82, 2.24) is 4.90 Å². The summed E-state index contributed by atoms with van der Waals surface area (Å²) in [7, 11) is 0. The first-order valence-corrected chi connectivity index (χ1v) is 5.74. The van der Waals surface area contributed by atoms with Gasteiger partial charge in [-0.25, -0.2) is 0 Å². The Labute approximate surface area is 109 Å². The zero-order valence-electron chi connectivity index (χ0n) is 8.69. The first kappa shape index (κ1) is 13.5. The van der Waals surface area contributed by atoms with Crippen LogP contribution < -0.4 is 5.73 Å². The molecule has 1 aromatic heterocycles. The van der Waals surface area contributed by atoms with Crippen LogP contribution >= 0.6 is 28.3 Å². The maximum absolute atomic E-state index is 12.0. The summed E-state index contributed by atoms with van der Waals surface area (Å²) in [6, 6.07) is 1.73. The van der Waals surface area contributed by atoms with Crippen molar-refractivity contribution in [3.8, 4) is 0 Å². The first-order valence-electron chi connectivity index (χ1n) is 4.94. The molecule has 2 heterocycles. The van der Waals surface area contributed by atoms with Gasteiger partial charge in [0.15, 0.2) is 0 Å². The lowest BCUT2D eigenvalue weighted by molar-refractivity contribution is 0.0755.